The third kappa shape index (κ3) is 4.30. The van der Waals surface area contributed by atoms with E-state index in [0.29, 0.717) is 21.6 Å². The van der Waals surface area contributed by atoms with Gasteiger partial charge < -0.3 is 11.1 Å². The summed E-state index contributed by atoms with van der Waals surface area (Å²) >= 11 is 9.26. The number of benzene rings is 1. The number of halogens is 2. The largest absolute Gasteiger partial charge is 0.327 e. The van der Waals surface area contributed by atoms with Crippen molar-refractivity contribution in [1.29, 1.82) is 0 Å². The van der Waals surface area contributed by atoms with Crippen molar-refractivity contribution in [2.45, 2.75) is 26.3 Å². The third-order valence-electron chi connectivity index (χ3n) is 2.50. The smallest absolute Gasteiger partial charge is 0.225 e. The van der Waals surface area contributed by atoms with E-state index >= 15 is 0 Å². The minimum Gasteiger partial charge on any atom is -0.327 e. The van der Waals surface area contributed by atoms with Gasteiger partial charge in [0.25, 0.3) is 0 Å². The number of rotatable bonds is 4. The van der Waals surface area contributed by atoms with Crippen molar-refractivity contribution in [3.05, 3.63) is 27.7 Å². The average Bonchev–Trinajstić information content (AvgIpc) is 2.24. The molecule has 0 aliphatic rings. The van der Waals surface area contributed by atoms with E-state index in [-0.39, 0.29) is 17.9 Å². The molecule has 94 valence electrons. The Morgan fingerprint density at radius 2 is 2.18 bits per heavy atom. The molecule has 5 heteroatoms. The van der Waals surface area contributed by atoms with E-state index in [9.17, 15) is 4.79 Å². The van der Waals surface area contributed by atoms with Crippen LogP contribution in [-0.2, 0) is 4.79 Å². The summed E-state index contributed by atoms with van der Waals surface area (Å²) < 4.78 is 0.688. The molecule has 1 amide bonds. The Labute approximate surface area is 115 Å². The normalized spacial score (nSPS) is 12.6. The first-order valence-corrected chi connectivity index (χ1v) is 6.58. The molecule has 1 aromatic rings. The van der Waals surface area contributed by atoms with Gasteiger partial charge in [0.1, 0.15) is 0 Å². The van der Waals surface area contributed by atoms with E-state index in [1.807, 2.05) is 13.8 Å². The highest BCUT2D eigenvalue weighted by molar-refractivity contribution is 9.10. The minimum absolute atomic E-state index is 0.103. The molecule has 0 heterocycles. The number of anilines is 1. The summed E-state index contributed by atoms with van der Waals surface area (Å²) in [6, 6.07) is 5.19. The second kappa shape index (κ2) is 6.38. The van der Waals surface area contributed by atoms with Crippen molar-refractivity contribution >= 4 is 39.1 Å². The zero-order valence-electron chi connectivity index (χ0n) is 9.84. The molecule has 0 spiro atoms. The maximum atomic E-state index is 11.7. The molecule has 0 aromatic heterocycles. The van der Waals surface area contributed by atoms with E-state index in [1.54, 1.807) is 18.2 Å². The number of nitrogens with one attached hydrogen (secondary N) is 1. The first-order chi connectivity index (χ1) is 7.91. The summed E-state index contributed by atoms with van der Waals surface area (Å²) in [6.45, 7) is 3.99. The SMILES string of the molecule is CC(C)C(N)CC(=O)Nc1cccc(Cl)c1Br. The first kappa shape index (κ1) is 14.5. The van der Waals surface area contributed by atoms with Gasteiger partial charge in [-0.3, -0.25) is 4.79 Å². The van der Waals surface area contributed by atoms with Crippen molar-refractivity contribution in [1.82, 2.24) is 0 Å². The molecular formula is C12H16BrClN2O. The number of carbonyl (C=O) groups excluding carboxylic acids is 1. The fourth-order valence-electron chi connectivity index (χ4n) is 1.25. The Kier molecular flexibility index (Phi) is 5.43. The Balaban J connectivity index is 2.66. The van der Waals surface area contributed by atoms with Crippen molar-refractivity contribution < 1.29 is 4.79 Å². The Bertz CT molecular complexity index is 409. The lowest BCUT2D eigenvalue weighted by molar-refractivity contribution is -0.116. The number of nitrogens with two attached hydrogens (primary N) is 1. The van der Waals surface area contributed by atoms with Gasteiger partial charge in [-0.1, -0.05) is 31.5 Å². The van der Waals surface area contributed by atoms with Crippen LogP contribution in [0.1, 0.15) is 20.3 Å². The molecule has 17 heavy (non-hydrogen) atoms. The molecule has 1 rings (SSSR count). The highest BCUT2D eigenvalue weighted by Crippen LogP contribution is 2.30. The van der Waals surface area contributed by atoms with E-state index in [2.05, 4.69) is 21.2 Å². The van der Waals surface area contributed by atoms with Crippen LogP contribution < -0.4 is 11.1 Å². The van der Waals surface area contributed by atoms with Gasteiger partial charge in [-0.05, 0) is 34.0 Å². The topological polar surface area (TPSA) is 55.1 Å². The fourth-order valence-corrected chi connectivity index (χ4v) is 1.79. The Morgan fingerprint density at radius 1 is 1.53 bits per heavy atom. The van der Waals surface area contributed by atoms with Crippen molar-refractivity contribution in [2.24, 2.45) is 11.7 Å². The molecule has 3 N–H and O–H groups in total. The quantitative estimate of drug-likeness (QED) is 0.893. The molecule has 0 radical (unpaired) electrons. The molecule has 1 unspecified atom stereocenters. The average molecular weight is 320 g/mol. The molecule has 1 aromatic carbocycles. The summed E-state index contributed by atoms with van der Waals surface area (Å²) in [4.78, 5) is 11.7. The Hall–Kier alpha value is -0.580. The summed E-state index contributed by atoms with van der Waals surface area (Å²) in [5.41, 5.74) is 6.51. The lowest BCUT2D eigenvalue weighted by atomic mass is 10.0. The van der Waals surface area contributed by atoms with Gasteiger partial charge in [-0.2, -0.15) is 0 Å². The highest BCUT2D eigenvalue weighted by atomic mass is 79.9. The van der Waals surface area contributed by atoms with Gasteiger partial charge in [0.05, 0.1) is 15.2 Å². The van der Waals surface area contributed by atoms with Crippen LogP contribution in [0.3, 0.4) is 0 Å². The van der Waals surface area contributed by atoms with Crippen LogP contribution in [0.15, 0.2) is 22.7 Å². The molecule has 1 atom stereocenters. The molecule has 3 nitrogen and oxygen atoms in total. The first-order valence-electron chi connectivity index (χ1n) is 5.41. The zero-order chi connectivity index (χ0) is 13.0. The molecule has 0 fully saturated rings. The maximum Gasteiger partial charge on any atom is 0.225 e. The lowest BCUT2D eigenvalue weighted by Gasteiger charge is -2.15. The van der Waals surface area contributed by atoms with Crippen LogP contribution in [0.25, 0.3) is 0 Å². The molecule has 0 saturated carbocycles. The van der Waals surface area contributed by atoms with Gasteiger partial charge in [0.2, 0.25) is 5.91 Å². The number of carbonyl (C=O) groups is 1. The standard InChI is InChI=1S/C12H16BrClN2O/c1-7(2)9(15)6-11(17)16-10-5-3-4-8(14)12(10)13/h3-5,7,9H,6,15H2,1-2H3,(H,16,17). The third-order valence-corrected chi connectivity index (χ3v) is 3.90. The maximum absolute atomic E-state index is 11.7. The molecule has 0 aliphatic heterocycles. The zero-order valence-corrected chi connectivity index (χ0v) is 12.2. The Morgan fingerprint density at radius 3 is 2.76 bits per heavy atom. The van der Waals surface area contributed by atoms with Crippen LogP contribution in [0, 0.1) is 5.92 Å². The molecule has 0 saturated heterocycles. The predicted octanol–water partition coefficient (Wildman–Crippen LogP) is 3.41. The van der Waals surface area contributed by atoms with Crippen LogP contribution >= 0.6 is 27.5 Å². The van der Waals surface area contributed by atoms with Gasteiger partial charge in [-0.15, -0.1) is 0 Å². The minimum atomic E-state index is -0.132. The summed E-state index contributed by atoms with van der Waals surface area (Å²) in [7, 11) is 0. The highest BCUT2D eigenvalue weighted by Gasteiger charge is 2.14. The number of amides is 1. The summed E-state index contributed by atoms with van der Waals surface area (Å²) in [5.74, 6) is 0.178. The van der Waals surface area contributed by atoms with E-state index in [1.165, 1.54) is 0 Å². The monoisotopic (exact) mass is 318 g/mol. The molecule has 0 aliphatic carbocycles. The summed E-state index contributed by atoms with van der Waals surface area (Å²) in [6.07, 6.45) is 0.302. The van der Waals surface area contributed by atoms with Gasteiger partial charge in [0.15, 0.2) is 0 Å². The van der Waals surface area contributed by atoms with Crippen LogP contribution in [0.5, 0.6) is 0 Å². The van der Waals surface area contributed by atoms with Gasteiger partial charge in [0, 0.05) is 12.5 Å². The second-order valence-corrected chi connectivity index (χ2v) is 5.46. The van der Waals surface area contributed by atoms with E-state index < -0.39 is 0 Å². The van der Waals surface area contributed by atoms with E-state index in [0.717, 1.165) is 0 Å². The van der Waals surface area contributed by atoms with Crippen molar-refractivity contribution in [2.75, 3.05) is 5.32 Å². The number of hydrogen-bond acceptors (Lipinski definition) is 2. The van der Waals surface area contributed by atoms with Crippen LogP contribution in [0.4, 0.5) is 5.69 Å². The summed E-state index contributed by atoms with van der Waals surface area (Å²) in [5, 5.41) is 3.35. The van der Waals surface area contributed by atoms with Crippen molar-refractivity contribution in [3.8, 4) is 0 Å². The lowest BCUT2D eigenvalue weighted by Crippen LogP contribution is -2.31. The van der Waals surface area contributed by atoms with Gasteiger partial charge in [-0.25, -0.2) is 0 Å². The fraction of sp³-hybridized carbons (Fsp3) is 0.417. The number of hydrogen-bond donors (Lipinski definition) is 2. The van der Waals surface area contributed by atoms with Crippen LogP contribution in [-0.4, -0.2) is 11.9 Å². The predicted molar refractivity (Wildman–Crippen MR) is 75.2 cm³/mol. The second-order valence-electron chi connectivity index (χ2n) is 4.26. The van der Waals surface area contributed by atoms with Crippen molar-refractivity contribution in [3.63, 3.8) is 0 Å². The van der Waals surface area contributed by atoms with Crippen LogP contribution in [0.2, 0.25) is 5.02 Å². The molecular weight excluding hydrogens is 304 g/mol. The van der Waals surface area contributed by atoms with Gasteiger partial charge >= 0.3 is 0 Å². The molecule has 0 bridgehead atoms. The van der Waals surface area contributed by atoms with E-state index in [4.69, 9.17) is 17.3 Å².